The summed E-state index contributed by atoms with van der Waals surface area (Å²) in [6, 6.07) is 14.6. The maximum Gasteiger partial charge on any atom is 0.269 e. The molecule has 2 fully saturated rings. The molecule has 0 bridgehead atoms. The van der Waals surface area contributed by atoms with E-state index in [1.165, 1.54) is 24.3 Å². The molecule has 148 valence electrons. The number of ether oxygens (including phenoxy) is 4. The van der Waals surface area contributed by atoms with E-state index in [0.717, 1.165) is 5.56 Å². The number of non-ortho nitro benzene ring substituents is 1. The third-order valence-electron chi connectivity index (χ3n) is 4.70. The van der Waals surface area contributed by atoms with Crippen LogP contribution >= 0.6 is 0 Å². The first-order valence-electron chi connectivity index (χ1n) is 8.77. The summed E-state index contributed by atoms with van der Waals surface area (Å²) in [5.41, 5.74) is 0.713. The van der Waals surface area contributed by atoms with Gasteiger partial charge in [0.05, 0.1) is 11.5 Å². The lowest BCUT2D eigenvalue weighted by Gasteiger charge is -2.46. The SMILES string of the molecule is O=[N+]([O-])c1ccc(O[C@H]2OC3COC(c4ccccc4)O[C@H]3C(O)C2O)cc1. The van der Waals surface area contributed by atoms with E-state index in [-0.39, 0.29) is 18.0 Å². The van der Waals surface area contributed by atoms with Crippen molar-refractivity contribution in [2.45, 2.75) is 37.0 Å². The number of aliphatic hydroxyl groups is 2. The van der Waals surface area contributed by atoms with E-state index in [1.54, 1.807) is 0 Å². The van der Waals surface area contributed by atoms with E-state index >= 15 is 0 Å². The van der Waals surface area contributed by atoms with E-state index in [1.807, 2.05) is 30.3 Å². The first-order valence-corrected chi connectivity index (χ1v) is 8.77. The van der Waals surface area contributed by atoms with Gasteiger partial charge in [-0.15, -0.1) is 0 Å². The molecule has 2 heterocycles. The number of nitro groups is 1. The molecule has 0 spiro atoms. The molecule has 0 radical (unpaired) electrons. The monoisotopic (exact) mass is 389 g/mol. The second kappa shape index (κ2) is 7.82. The lowest BCUT2D eigenvalue weighted by molar-refractivity contribution is -0.384. The molecule has 2 aromatic rings. The molecule has 2 aliphatic rings. The number of hydrogen-bond donors (Lipinski definition) is 2. The Balaban J connectivity index is 1.43. The van der Waals surface area contributed by atoms with Gasteiger partial charge < -0.3 is 29.2 Å². The molecule has 28 heavy (non-hydrogen) atoms. The van der Waals surface area contributed by atoms with Gasteiger partial charge in [0.1, 0.15) is 30.2 Å². The summed E-state index contributed by atoms with van der Waals surface area (Å²) in [7, 11) is 0. The first-order chi connectivity index (χ1) is 13.5. The number of rotatable bonds is 4. The Hall–Kier alpha value is -2.56. The van der Waals surface area contributed by atoms with Gasteiger partial charge in [-0.3, -0.25) is 10.1 Å². The molecular formula is C19H19NO8. The number of fused-ring (bicyclic) bond motifs is 1. The summed E-state index contributed by atoms with van der Waals surface area (Å²) in [6.07, 6.45) is -5.88. The van der Waals surface area contributed by atoms with Gasteiger partial charge in [-0.05, 0) is 12.1 Å². The lowest BCUT2D eigenvalue weighted by atomic mass is 9.98. The van der Waals surface area contributed by atoms with Crippen LogP contribution in [0, 0.1) is 10.1 Å². The third-order valence-corrected chi connectivity index (χ3v) is 4.70. The van der Waals surface area contributed by atoms with Crippen molar-refractivity contribution in [3.05, 3.63) is 70.3 Å². The fourth-order valence-corrected chi connectivity index (χ4v) is 3.23. The van der Waals surface area contributed by atoms with Crippen molar-refractivity contribution >= 4 is 5.69 Å². The molecule has 2 saturated heterocycles. The number of aliphatic hydroxyl groups excluding tert-OH is 2. The van der Waals surface area contributed by atoms with E-state index in [2.05, 4.69) is 0 Å². The zero-order chi connectivity index (χ0) is 19.7. The highest BCUT2D eigenvalue weighted by Crippen LogP contribution is 2.34. The lowest BCUT2D eigenvalue weighted by Crippen LogP contribution is -2.62. The summed E-state index contributed by atoms with van der Waals surface area (Å²) < 4.78 is 22.8. The molecule has 2 aliphatic heterocycles. The molecule has 2 aromatic carbocycles. The summed E-state index contributed by atoms with van der Waals surface area (Å²) in [5, 5.41) is 31.7. The van der Waals surface area contributed by atoms with Gasteiger partial charge in [0, 0.05) is 17.7 Å². The van der Waals surface area contributed by atoms with E-state index in [0.29, 0.717) is 0 Å². The Morgan fingerprint density at radius 3 is 2.39 bits per heavy atom. The smallest absolute Gasteiger partial charge is 0.269 e. The van der Waals surface area contributed by atoms with Crippen molar-refractivity contribution < 1.29 is 34.1 Å². The number of nitro benzene ring substituents is 1. The summed E-state index contributed by atoms with van der Waals surface area (Å²) in [6.45, 7) is 0.147. The maximum absolute atomic E-state index is 10.7. The molecule has 0 saturated carbocycles. The van der Waals surface area contributed by atoms with Crippen molar-refractivity contribution in [1.29, 1.82) is 0 Å². The molecule has 0 amide bonds. The molecule has 4 rings (SSSR count). The average Bonchev–Trinajstić information content (AvgIpc) is 2.72. The number of nitrogens with zero attached hydrogens (tertiary/aromatic N) is 1. The zero-order valence-corrected chi connectivity index (χ0v) is 14.7. The van der Waals surface area contributed by atoms with Crippen LogP contribution in [0.1, 0.15) is 11.9 Å². The molecule has 0 aliphatic carbocycles. The predicted octanol–water partition coefficient (Wildman–Crippen LogP) is 1.53. The number of benzene rings is 2. The van der Waals surface area contributed by atoms with Crippen LogP contribution in [0.2, 0.25) is 0 Å². The predicted molar refractivity (Wildman–Crippen MR) is 94.4 cm³/mol. The molecule has 6 atom stereocenters. The van der Waals surface area contributed by atoms with Crippen LogP contribution in [0.5, 0.6) is 5.75 Å². The largest absolute Gasteiger partial charge is 0.462 e. The molecule has 4 unspecified atom stereocenters. The summed E-state index contributed by atoms with van der Waals surface area (Å²) >= 11 is 0. The molecule has 9 nitrogen and oxygen atoms in total. The topological polar surface area (TPSA) is 121 Å². The van der Waals surface area contributed by atoms with Crippen molar-refractivity contribution in [1.82, 2.24) is 0 Å². The minimum absolute atomic E-state index is 0.0846. The minimum atomic E-state index is -1.37. The summed E-state index contributed by atoms with van der Waals surface area (Å²) in [5.74, 6) is 0.264. The highest BCUT2D eigenvalue weighted by atomic mass is 16.8. The van der Waals surface area contributed by atoms with E-state index in [9.17, 15) is 20.3 Å². The Labute approximate surface area is 160 Å². The zero-order valence-electron chi connectivity index (χ0n) is 14.7. The highest BCUT2D eigenvalue weighted by Gasteiger charge is 2.49. The maximum atomic E-state index is 10.7. The average molecular weight is 389 g/mol. The van der Waals surface area contributed by atoms with Gasteiger partial charge in [-0.2, -0.15) is 0 Å². The van der Waals surface area contributed by atoms with Crippen LogP contribution in [0.15, 0.2) is 54.6 Å². The first kappa shape index (κ1) is 18.8. The van der Waals surface area contributed by atoms with Crippen molar-refractivity contribution in [2.24, 2.45) is 0 Å². The van der Waals surface area contributed by atoms with Crippen molar-refractivity contribution in [2.75, 3.05) is 6.61 Å². The third kappa shape index (κ3) is 3.71. The van der Waals surface area contributed by atoms with Crippen LogP contribution in [-0.4, -0.2) is 52.4 Å². The minimum Gasteiger partial charge on any atom is -0.462 e. The Bertz CT molecular complexity index is 812. The van der Waals surface area contributed by atoms with Crippen LogP contribution < -0.4 is 4.74 Å². The molecule has 2 N–H and O–H groups in total. The Morgan fingerprint density at radius 2 is 1.71 bits per heavy atom. The van der Waals surface area contributed by atoms with Gasteiger partial charge in [0.25, 0.3) is 5.69 Å². The van der Waals surface area contributed by atoms with Gasteiger partial charge in [-0.25, -0.2) is 0 Å². The second-order valence-electron chi connectivity index (χ2n) is 6.57. The highest BCUT2D eigenvalue weighted by molar-refractivity contribution is 5.36. The van der Waals surface area contributed by atoms with Crippen LogP contribution in [0.4, 0.5) is 5.69 Å². The van der Waals surface area contributed by atoms with Gasteiger partial charge in [-0.1, -0.05) is 30.3 Å². The van der Waals surface area contributed by atoms with Crippen LogP contribution in [0.25, 0.3) is 0 Å². The second-order valence-corrected chi connectivity index (χ2v) is 6.57. The van der Waals surface area contributed by atoms with E-state index < -0.39 is 41.9 Å². The van der Waals surface area contributed by atoms with E-state index in [4.69, 9.17) is 18.9 Å². The Morgan fingerprint density at radius 1 is 1.00 bits per heavy atom. The fraction of sp³-hybridized carbons (Fsp3) is 0.368. The normalized spacial score (nSPS) is 32.4. The van der Waals surface area contributed by atoms with Crippen LogP contribution in [0.3, 0.4) is 0 Å². The molecule has 0 aromatic heterocycles. The van der Waals surface area contributed by atoms with Crippen LogP contribution in [-0.2, 0) is 14.2 Å². The number of hydrogen-bond acceptors (Lipinski definition) is 8. The van der Waals surface area contributed by atoms with Gasteiger partial charge in [0.15, 0.2) is 6.29 Å². The quantitative estimate of drug-likeness (QED) is 0.597. The van der Waals surface area contributed by atoms with Gasteiger partial charge in [0.2, 0.25) is 6.29 Å². The fourth-order valence-electron chi connectivity index (χ4n) is 3.23. The summed E-state index contributed by atoms with van der Waals surface area (Å²) in [4.78, 5) is 10.2. The van der Waals surface area contributed by atoms with Crippen molar-refractivity contribution in [3.63, 3.8) is 0 Å². The van der Waals surface area contributed by atoms with Crippen molar-refractivity contribution in [3.8, 4) is 5.75 Å². The molecule has 9 heteroatoms. The Kier molecular flexibility index (Phi) is 5.25. The molecular weight excluding hydrogens is 370 g/mol. The standard InChI is InChI=1S/C19H19NO8/c21-15-16(22)19(26-13-8-6-12(7-9-13)20(23)24)27-14-10-25-18(28-17(14)15)11-4-2-1-3-5-11/h1-9,14-19,21-22H,10H2/t14?,15?,16?,17-,18?,19+/m1/s1. The van der Waals surface area contributed by atoms with Gasteiger partial charge >= 0.3 is 0 Å².